The minimum Gasteiger partial charge on any atom is -0.388 e. The summed E-state index contributed by atoms with van der Waals surface area (Å²) in [6.45, 7) is 3.47. The molecule has 3 heterocycles. The van der Waals surface area contributed by atoms with Gasteiger partial charge in [-0.05, 0) is 24.0 Å². The number of aromatic nitrogens is 3. The highest BCUT2D eigenvalue weighted by Gasteiger charge is 2.38. The zero-order valence-electron chi connectivity index (χ0n) is 17.7. The van der Waals surface area contributed by atoms with Crippen LogP contribution in [0.5, 0.6) is 0 Å². The van der Waals surface area contributed by atoms with Crippen LogP contribution >= 0.6 is 0 Å². The van der Waals surface area contributed by atoms with Crippen LogP contribution in [0.4, 0.5) is 38.0 Å². The Morgan fingerprint density at radius 2 is 1.76 bits per heavy atom. The Morgan fingerprint density at radius 3 is 2.36 bits per heavy atom. The van der Waals surface area contributed by atoms with Gasteiger partial charge in [0.05, 0.1) is 30.1 Å². The zero-order valence-corrected chi connectivity index (χ0v) is 17.7. The highest BCUT2D eigenvalue weighted by molar-refractivity contribution is 5.51. The molecule has 7 nitrogen and oxygen atoms in total. The second-order valence-corrected chi connectivity index (χ2v) is 8.30. The van der Waals surface area contributed by atoms with E-state index in [2.05, 4.69) is 20.3 Å². The van der Waals surface area contributed by atoms with Gasteiger partial charge in [0.15, 0.2) is 5.69 Å². The van der Waals surface area contributed by atoms with Gasteiger partial charge in [-0.1, -0.05) is 13.8 Å². The van der Waals surface area contributed by atoms with E-state index in [-0.39, 0.29) is 37.1 Å². The average Bonchev–Trinajstić information content (AvgIpc) is 2.69. The lowest BCUT2D eigenvalue weighted by Gasteiger charge is -2.41. The van der Waals surface area contributed by atoms with E-state index in [0.717, 1.165) is 12.3 Å². The van der Waals surface area contributed by atoms with Crippen LogP contribution in [0, 0.1) is 5.92 Å². The molecule has 0 saturated carbocycles. The highest BCUT2D eigenvalue weighted by atomic mass is 19.4. The molecule has 3 N–H and O–H groups in total. The molecule has 1 aliphatic rings. The smallest absolute Gasteiger partial charge is 0.388 e. The predicted molar refractivity (Wildman–Crippen MR) is 106 cm³/mol. The van der Waals surface area contributed by atoms with Crippen LogP contribution in [0.3, 0.4) is 0 Å². The van der Waals surface area contributed by atoms with Crippen molar-refractivity contribution in [2.75, 3.05) is 23.3 Å². The zero-order chi connectivity index (χ0) is 24.6. The molecule has 13 heteroatoms. The van der Waals surface area contributed by atoms with E-state index in [1.165, 1.54) is 4.90 Å². The van der Waals surface area contributed by atoms with Crippen LogP contribution < -0.4 is 10.2 Å². The molecule has 0 amide bonds. The SMILES string of the molecule is CC(C)Cc1cc(C(F)(F)F)cnc1N1C[C@H](Nc2cncc(C(F)(F)F)n2)[C@@H](O)[C@@H](O)C1. The molecule has 0 aliphatic carbocycles. The minimum atomic E-state index is -4.72. The van der Waals surface area contributed by atoms with Crippen LogP contribution in [0.15, 0.2) is 24.7 Å². The van der Waals surface area contributed by atoms with E-state index < -0.39 is 41.9 Å². The Morgan fingerprint density at radius 1 is 1.06 bits per heavy atom. The van der Waals surface area contributed by atoms with Gasteiger partial charge in [0.2, 0.25) is 0 Å². The van der Waals surface area contributed by atoms with Gasteiger partial charge < -0.3 is 20.4 Å². The van der Waals surface area contributed by atoms with E-state index >= 15 is 0 Å². The Kier molecular flexibility index (Phi) is 7.03. The lowest BCUT2D eigenvalue weighted by Crippen LogP contribution is -2.58. The van der Waals surface area contributed by atoms with Crippen molar-refractivity contribution in [3.05, 3.63) is 41.5 Å². The maximum Gasteiger partial charge on any atom is 0.434 e. The molecule has 182 valence electrons. The highest BCUT2D eigenvalue weighted by Crippen LogP contribution is 2.33. The fourth-order valence-electron chi connectivity index (χ4n) is 3.62. The molecule has 1 saturated heterocycles. The number of pyridine rings is 1. The number of rotatable bonds is 5. The van der Waals surface area contributed by atoms with Gasteiger partial charge in [0.1, 0.15) is 17.7 Å². The summed E-state index contributed by atoms with van der Waals surface area (Å²) < 4.78 is 78.3. The molecule has 1 fully saturated rings. The lowest BCUT2D eigenvalue weighted by atomic mass is 9.97. The van der Waals surface area contributed by atoms with Crippen LogP contribution in [0.1, 0.15) is 30.7 Å². The fourth-order valence-corrected chi connectivity index (χ4v) is 3.62. The molecule has 0 radical (unpaired) electrons. The normalized spacial score (nSPS) is 22.0. The summed E-state index contributed by atoms with van der Waals surface area (Å²) in [5.41, 5.74) is -1.84. The summed E-state index contributed by atoms with van der Waals surface area (Å²) in [4.78, 5) is 12.4. The number of halogens is 6. The third kappa shape index (κ3) is 6.02. The van der Waals surface area contributed by atoms with Gasteiger partial charge >= 0.3 is 12.4 Å². The summed E-state index contributed by atoms with van der Waals surface area (Å²) in [7, 11) is 0. The van der Waals surface area contributed by atoms with Gasteiger partial charge in [-0.15, -0.1) is 0 Å². The fraction of sp³-hybridized carbons (Fsp3) is 0.550. The lowest BCUT2D eigenvalue weighted by molar-refractivity contribution is -0.141. The first kappa shape index (κ1) is 25.0. The van der Waals surface area contributed by atoms with E-state index in [1.54, 1.807) is 0 Å². The molecule has 0 spiro atoms. The molecule has 0 unspecified atom stereocenters. The second-order valence-electron chi connectivity index (χ2n) is 8.30. The first-order chi connectivity index (χ1) is 15.3. The van der Waals surface area contributed by atoms with Crippen molar-refractivity contribution in [2.24, 2.45) is 5.92 Å². The van der Waals surface area contributed by atoms with Crippen LogP contribution in [0.25, 0.3) is 0 Å². The summed E-state index contributed by atoms with van der Waals surface area (Å²) >= 11 is 0. The van der Waals surface area contributed by atoms with Crippen molar-refractivity contribution in [3.8, 4) is 0 Å². The predicted octanol–water partition coefficient (Wildman–Crippen LogP) is 3.13. The van der Waals surface area contributed by atoms with E-state index in [4.69, 9.17) is 0 Å². The molecule has 3 rings (SSSR count). The number of anilines is 2. The maximum absolute atomic E-state index is 13.2. The Labute approximate surface area is 185 Å². The van der Waals surface area contributed by atoms with Crippen molar-refractivity contribution in [1.29, 1.82) is 0 Å². The molecule has 3 atom stereocenters. The molecular weight excluding hydrogens is 456 g/mol. The van der Waals surface area contributed by atoms with Crippen molar-refractivity contribution in [1.82, 2.24) is 15.0 Å². The number of hydrogen-bond acceptors (Lipinski definition) is 7. The number of alkyl halides is 6. The Bertz CT molecular complexity index is 969. The van der Waals surface area contributed by atoms with E-state index in [1.807, 2.05) is 13.8 Å². The quantitative estimate of drug-likeness (QED) is 0.568. The maximum atomic E-state index is 13.2. The van der Waals surface area contributed by atoms with Crippen molar-refractivity contribution in [2.45, 2.75) is 50.9 Å². The van der Waals surface area contributed by atoms with E-state index in [9.17, 15) is 36.6 Å². The molecule has 0 aromatic carbocycles. The average molecular weight is 479 g/mol. The van der Waals surface area contributed by atoms with Gasteiger partial charge in [-0.25, -0.2) is 9.97 Å². The summed E-state index contributed by atoms with van der Waals surface area (Å²) in [5, 5.41) is 23.4. The van der Waals surface area contributed by atoms with Crippen LogP contribution in [0.2, 0.25) is 0 Å². The second kappa shape index (κ2) is 9.29. The molecule has 33 heavy (non-hydrogen) atoms. The number of aliphatic hydroxyl groups is 2. The number of aliphatic hydroxyl groups excluding tert-OH is 2. The standard InChI is InChI=1S/C20H23F6N5O2/c1-10(2)3-11-4-12(19(21,22)23)5-28-18(11)31-8-13(17(33)14(32)9-31)29-16-7-27-6-15(30-16)20(24,25)26/h4-7,10,13-14,17,32-33H,3,8-9H2,1-2H3,(H,29,30)/t13-,14-,17+/m0/s1. The molecule has 2 aromatic rings. The third-order valence-electron chi connectivity index (χ3n) is 5.09. The molecule has 2 aromatic heterocycles. The summed E-state index contributed by atoms with van der Waals surface area (Å²) in [6, 6.07) is 0.00280. The summed E-state index contributed by atoms with van der Waals surface area (Å²) in [6.07, 6.45) is -9.47. The van der Waals surface area contributed by atoms with Crippen LogP contribution in [-0.4, -0.2) is 56.5 Å². The Balaban J connectivity index is 1.90. The van der Waals surface area contributed by atoms with Gasteiger partial charge in [-0.2, -0.15) is 26.3 Å². The van der Waals surface area contributed by atoms with Gasteiger partial charge in [0.25, 0.3) is 0 Å². The topological polar surface area (TPSA) is 94.4 Å². The van der Waals surface area contributed by atoms with Crippen LogP contribution in [-0.2, 0) is 18.8 Å². The summed E-state index contributed by atoms with van der Waals surface area (Å²) in [5.74, 6) is -0.0704. The monoisotopic (exact) mass is 479 g/mol. The number of nitrogens with zero attached hydrogens (tertiary/aromatic N) is 4. The largest absolute Gasteiger partial charge is 0.434 e. The van der Waals surface area contributed by atoms with Crippen molar-refractivity contribution >= 4 is 11.6 Å². The minimum absolute atomic E-state index is 0.00337. The number of nitrogens with one attached hydrogen (secondary N) is 1. The number of piperidine rings is 1. The van der Waals surface area contributed by atoms with Crippen molar-refractivity contribution in [3.63, 3.8) is 0 Å². The van der Waals surface area contributed by atoms with Gasteiger partial charge in [-0.3, -0.25) is 4.98 Å². The molecular formula is C20H23F6N5O2. The molecule has 0 bridgehead atoms. The first-order valence-corrected chi connectivity index (χ1v) is 10.1. The van der Waals surface area contributed by atoms with Crippen molar-refractivity contribution < 1.29 is 36.6 Å². The first-order valence-electron chi connectivity index (χ1n) is 10.1. The van der Waals surface area contributed by atoms with Gasteiger partial charge in [0, 0.05) is 19.3 Å². The third-order valence-corrected chi connectivity index (χ3v) is 5.09. The Hall–Kier alpha value is -2.67. The number of hydrogen-bond donors (Lipinski definition) is 3. The molecule has 1 aliphatic heterocycles. The number of β-amino-alcohol motifs (C(OH)–C–C–N with tert-alkyl or cyclic N) is 1. The van der Waals surface area contributed by atoms with E-state index in [0.29, 0.717) is 18.0 Å².